The predicted octanol–water partition coefficient (Wildman–Crippen LogP) is 2.27. The molecule has 1 heterocycles. The zero-order chi connectivity index (χ0) is 10.7. The summed E-state index contributed by atoms with van der Waals surface area (Å²) < 4.78 is 18.7. The summed E-state index contributed by atoms with van der Waals surface area (Å²) in [6.45, 7) is 3.62. The first kappa shape index (κ1) is 10.6. The van der Waals surface area contributed by atoms with Crippen molar-refractivity contribution in [3.8, 4) is 0 Å². The van der Waals surface area contributed by atoms with Crippen LogP contribution in [-0.2, 0) is 4.74 Å². The Balaban J connectivity index is 2.09. The van der Waals surface area contributed by atoms with E-state index in [4.69, 9.17) is 4.74 Å². The summed E-state index contributed by atoms with van der Waals surface area (Å²) in [6.07, 6.45) is 0.983. The van der Waals surface area contributed by atoms with Gasteiger partial charge in [0.1, 0.15) is 5.82 Å². The van der Waals surface area contributed by atoms with Gasteiger partial charge < -0.3 is 10.1 Å². The van der Waals surface area contributed by atoms with Gasteiger partial charge in [0, 0.05) is 19.2 Å². The molecule has 0 spiro atoms. The van der Waals surface area contributed by atoms with Crippen LogP contribution in [0, 0.1) is 5.82 Å². The Morgan fingerprint density at radius 3 is 3.13 bits per heavy atom. The van der Waals surface area contributed by atoms with Gasteiger partial charge in [-0.25, -0.2) is 4.39 Å². The van der Waals surface area contributed by atoms with E-state index in [1.807, 2.05) is 6.07 Å². The highest BCUT2D eigenvalue weighted by Gasteiger charge is 2.17. The van der Waals surface area contributed by atoms with Gasteiger partial charge in [-0.1, -0.05) is 12.1 Å². The van der Waals surface area contributed by atoms with Crippen LogP contribution in [0.2, 0.25) is 0 Å². The number of benzene rings is 1. The first-order valence-corrected chi connectivity index (χ1v) is 5.36. The average Bonchev–Trinajstić information content (AvgIpc) is 2.43. The van der Waals surface area contributed by atoms with E-state index in [1.54, 1.807) is 12.1 Å². The minimum Gasteiger partial charge on any atom is -0.372 e. The Bertz CT molecular complexity index is 329. The summed E-state index contributed by atoms with van der Waals surface area (Å²) in [6, 6.07) is 7.11. The van der Waals surface area contributed by atoms with Crippen LogP contribution in [0.3, 0.4) is 0 Å². The molecular weight excluding hydrogens is 193 g/mol. The zero-order valence-corrected chi connectivity index (χ0v) is 8.87. The second-order valence-electron chi connectivity index (χ2n) is 4.01. The van der Waals surface area contributed by atoms with E-state index in [-0.39, 0.29) is 11.9 Å². The second-order valence-corrected chi connectivity index (χ2v) is 4.01. The van der Waals surface area contributed by atoms with Gasteiger partial charge in [-0.3, -0.25) is 0 Å². The van der Waals surface area contributed by atoms with Crippen LogP contribution in [0.5, 0.6) is 0 Å². The summed E-state index contributed by atoms with van der Waals surface area (Å²) in [7, 11) is 0. The maximum absolute atomic E-state index is 13.0. The Hall–Kier alpha value is -0.930. The molecule has 1 N–H and O–H groups in total. The number of hydrogen-bond acceptors (Lipinski definition) is 2. The molecule has 1 aromatic carbocycles. The summed E-state index contributed by atoms with van der Waals surface area (Å²) in [5.74, 6) is -0.201. The summed E-state index contributed by atoms with van der Waals surface area (Å²) in [5, 5.41) is 3.37. The minimum atomic E-state index is -0.201. The Kier molecular flexibility index (Phi) is 3.34. The fourth-order valence-corrected chi connectivity index (χ4v) is 1.78. The van der Waals surface area contributed by atoms with Crippen molar-refractivity contribution in [2.24, 2.45) is 0 Å². The first-order chi connectivity index (χ1) is 7.25. The van der Waals surface area contributed by atoms with Crippen LogP contribution < -0.4 is 5.32 Å². The highest BCUT2D eigenvalue weighted by molar-refractivity contribution is 5.19. The van der Waals surface area contributed by atoms with Crippen molar-refractivity contribution < 1.29 is 9.13 Å². The molecule has 2 unspecified atom stereocenters. The molecule has 2 atom stereocenters. The third-order valence-corrected chi connectivity index (χ3v) is 2.74. The van der Waals surface area contributed by atoms with Gasteiger partial charge in [0.2, 0.25) is 0 Å². The van der Waals surface area contributed by atoms with Crippen LogP contribution >= 0.6 is 0 Å². The number of halogens is 1. The van der Waals surface area contributed by atoms with Crippen molar-refractivity contribution in [3.05, 3.63) is 35.6 Å². The highest BCUT2D eigenvalue weighted by Crippen LogP contribution is 2.20. The number of nitrogens with one attached hydrogen (secondary N) is 1. The number of rotatable bonds is 1. The van der Waals surface area contributed by atoms with Crippen LogP contribution in [-0.4, -0.2) is 19.2 Å². The maximum Gasteiger partial charge on any atom is 0.123 e. The molecule has 1 aliphatic rings. The lowest BCUT2D eigenvalue weighted by Crippen LogP contribution is -2.27. The van der Waals surface area contributed by atoms with Gasteiger partial charge in [-0.2, -0.15) is 0 Å². The molecule has 0 aliphatic carbocycles. The molecule has 15 heavy (non-hydrogen) atoms. The molecule has 2 rings (SSSR count). The van der Waals surface area contributed by atoms with Crippen molar-refractivity contribution in [2.45, 2.75) is 25.5 Å². The Morgan fingerprint density at radius 2 is 2.33 bits per heavy atom. The minimum absolute atomic E-state index is 0.0225. The summed E-state index contributed by atoms with van der Waals surface area (Å²) in [4.78, 5) is 0. The normalized spacial score (nSPS) is 27.3. The molecule has 2 nitrogen and oxygen atoms in total. The van der Waals surface area contributed by atoms with E-state index in [2.05, 4.69) is 12.2 Å². The van der Waals surface area contributed by atoms with Crippen molar-refractivity contribution in [3.63, 3.8) is 0 Å². The Labute approximate surface area is 89.4 Å². The molecule has 0 radical (unpaired) electrons. The summed E-state index contributed by atoms with van der Waals surface area (Å²) in [5.41, 5.74) is 0.914. The van der Waals surface area contributed by atoms with Gasteiger partial charge in [0.25, 0.3) is 0 Å². The van der Waals surface area contributed by atoms with Crippen molar-refractivity contribution in [1.82, 2.24) is 5.32 Å². The SMILES string of the molecule is CC1CCOC(c2cccc(F)c2)CN1. The van der Waals surface area contributed by atoms with E-state index >= 15 is 0 Å². The van der Waals surface area contributed by atoms with E-state index in [1.165, 1.54) is 6.07 Å². The second kappa shape index (κ2) is 4.73. The van der Waals surface area contributed by atoms with E-state index in [0.717, 1.165) is 25.1 Å². The molecule has 1 fully saturated rings. The molecule has 0 saturated carbocycles. The maximum atomic E-state index is 13.0. The Morgan fingerprint density at radius 1 is 1.47 bits per heavy atom. The van der Waals surface area contributed by atoms with Gasteiger partial charge in [0.05, 0.1) is 6.10 Å². The van der Waals surface area contributed by atoms with Crippen molar-refractivity contribution in [1.29, 1.82) is 0 Å². The van der Waals surface area contributed by atoms with Crippen molar-refractivity contribution >= 4 is 0 Å². The lowest BCUT2D eigenvalue weighted by atomic mass is 10.1. The van der Waals surface area contributed by atoms with E-state index in [9.17, 15) is 4.39 Å². The third kappa shape index (κ3) is 2.76. The van der Waals surface area contributed by atoms with Crippen LogP contribution in [0.25, 0.3) is 0 Å². The van der Waals surface area contributed by atoms with E-state index in [0.29, 0.717) is 6.04 Å². The molecule has 1 saturated heterocycles. The standard InChI is InChI=1S/C12H16FNO/c1-9-5-6-15-12(8-14-9)10-3-2-4-11(13)7-10/h2-4,7,9,12,14H,5-6,8H2,1H3. The monoisotopic (exact) mass is 209 g/mol. The van der Waals surface area contributed by atoms with Gasteiger partial charge in [0.15, 0.2) is 0 Å². The molecular formula is C12H16FNO. The van der Waals surface area contributed by atoms with Crippen LogP contribution in [0.4, 0.5) is 4.39 Å². The quantitative estimate of drug-likeness (QED) is 0.766. The van der Waals surface area contributed by atoms with Gasteiger partial charge in [-0.15, -0.1) is 0 Å². The van der Waals surface area contributed by atoms with Gasteiger partial charge in [-0.05, 0) is 31.0 Å². The lowest BCUT2D eigenvalue weighted by molar-refractivity contribution is 0.0662. The highest BCUT2D eigenvalue weighted by atomic mass is 19.1. The summed E-state index contributed by atoms with van der Waals surface area (Å²) >= 11 is 0. The average molecular weight is 209 g/mol. The zero-order valence-electron chi connectivity index (χ0n) is 8.87. The van der Waals surface area contributed by atoms with Crippen molar-refractivity contribution in [2.75, 3.05) is 13.2 Å². The van der Waals surface area contributed by atoms with Crippen LogP contribution in [0.15, 0.2) is 24.3 Å². The van der Waals surface area contributed by atoms with Crippen LogP contribution in [0.1, 0.15) is 25.0 Å². The number of ether oxygens (including phenoxy) is 1. The molecule has 3 heteroatoms. The van der Waals surface area contributed by atoms with Gasteiger partial charge >= 0.3 is 0 Å². The first-order valence-electron chi connectivity index (χ1n) is 5.36. The fraction of sp³-hybridized carbons (Fsp3) is 0.500. The topological polar surface area (TPSA) is 21.3 Å². The number of hydrogen-bond donors (Lipinski definition) is 1. The fourth-order valence-electron chi connectivity index (χ4n) is 1.78. The lowest BCUT2D eigenvalue weighted by Gasteiger charge is -2.15. The molecule has 1 aromatic rings. The largest absolute Gasteiger partial charge is 0.372 e. The molecule has 0 amide bonds. The van der Waals surface area contributed by atoms with E-state index < -0.39 is 0 Å². The molecule has 82 valence electrons. The predicted molar refractivity (Wildman–Crippen MR) is 57.2 cm³/mol. The molecule has 0 aromatic heterocycles. The molecule has 1 aliphatic heterocycles. The smallest absolute Gasteiger partial charge is 0.123 e. The molecule has 0 bridgehead atoms. The third-order valence-electron chi connectivity index (χ3n) is 2.74.